The molecule has 2 heterocycles. The van der Waals surface area contributed by atoms with Crippen molar-refractivity contribution in [1.82, 2.24) is 19.7 Å². The van der Waals surface area contributed by atoms with Crippen molar-refractivity contribution in [2.75, 3.05) is 31.4 Å². The molecule has 0 amide bonds. The highest BCUT2D eigenvalue weighted by atomic mass is 19.1. The Morgan fingerprint density at radius 3 is 2.70 bits per heavy atom. The number of H-pyrrole nitrogens is 1. The first-order chi connectivity index (χ1) is 17.8. The number of aliphatic hydroxyl groups excluding tert-OH is 1. The van der Waals surface area contributed by atoms with Gasteiger partial charge in [0.2, 0.25) is 0 Å². The Balaban J connectivity index is 1.85. The number of benzene rings is 2. The number of aromatic nitrogens is 4. The van der Waals surface area contributed by atoms with E-state index >= 15 is 4.39 Å². The highest BCUT2D eigenvalue weighted by Crippen LogP contribution is 2.35. The smallest absolute Gasteiger partial charge is 0.349 e. The molecule has 4 aromatic rings. The largest absolute Gasteiger partial charge is 0.497 e. The number of nitrogens with zero attached hydrogens (tertiary/aromatic N) is 3. The van der Waals surface area contributed by atoms with Gasteiger partial charge >= 0.3 is 5.69 Å². The zero-order valence-electron chi connectivity index (χ0n) is 19.7. The summed E-state index contributed by atoms with van der Waals surface area (Å²) in [5.74, 6) is -0.580. The third-order valence-electron chi connectivity index (χ3n) is 5.37. The molecule has 0 spiro atoms. The van der Waals surface area contributed by atoms with Gasteiger partial charge in [-0.2, -0.15) is 4.68 Å². The van der Waals surface area contributed by atoms with Crippen LogP contribution in [0.3, 0.4) is 0 Å². The zero-order valence-corrected chi connectivity index (χ0v) is 19.7. The highest BCUT2D eigenvalue weighted by molar-refractivity contribution is 5.95. The number of aromatic amines is 1. The second kappa shape index (κ2) is 10.8. The summed E-state index contributed by atoms with van der Waals surface area (Å²) in [7, 11) is 1.41. The molecule has 0 aliphatic carbocycles. The third kappa shape index (κ3) is 5.36. The summed E-state index contributed by atoms with van der Waals surface area (Å²) in [6.07, 6.45) is 1.46. The minimum absolute atomic E-state index is 0.0397. The van der Waals surface area contributed by atoms with Crippen molar-refractivity contribution in [2.45, 2.75) is 6.04 Å². The lowest BCUT2D eigenvalue weighted by Crippen LogP contribution is -2.18. The number of anilines is 2. The molecule has 192 valence electrons. The fourth-order valence-corrected chi connectivity index (χ4v) is 3.59. The molecule has 0 saturated heterocycles. The second-order valence-electron chi connectivity index (χ2n) is 7.81. The lowest BCUT2D eigenvalue weighted by atomic mass is 10.0. The lowest BCUT2D eigenvalue weighted by Gasteiger charge is -2.21. The van der Waals surface area contributed by atoms with E-state index in [0.717, 1.165) is 4.68 Å². The maximum absolute atomic E-state index is 15.7. The molecule has 4 rings (SSSR count). The first-order valence-electron chi connectivity index (χ1n) is 11.0. The number of ether oxygens (including phenoxy) is 2. The van der Waals surface area contributed by atoms with Gasteiger partial charge in [-0.15, -0.1) is 5.10 Å². The van der Waals surface area contributed by atoms with E-state index in [1.54, 1.807) is 36.4 Å². The number of rotatable bonds is 10. The van der Waals surface area contributed by atoms with Crippen LogP contribution >= 0.6 is 0 Å². The summed E-state index contributed by atoms with van der Waals surface area (Å²) in [5, 5.41) is 24.2. The molecule has 37 heavy (non-hydrogen) atoms. The van der Waals surface area contributed by atoms with Crippen molar-refractivity contribution in [1.29, 1.82) is 5.41 Å². The topological polar surface area (TPSA) is 190 Å². The highest BCUT2D eigenvalue weighted by Gasteiger charge is 2.27. The predicted octanol–water partition coefficient (Wildman–Crippen LogP) is 1.54. The molecule has 0 radical (unpaired) electrons. The van der Waals surface area contributed by atoms with E-state index in [2.05, 4.69) is 20.4 Å². The van der Waals surface area contributed by atoms with Crippen LogP contribution in [0.5, 0.6) is 11.5 Å². The summed E-state index contributed by atoms with van der Waals surface area (Å²) in [5.41, 5.74) is 12.2. The molecular weight excluding hydrogens is 483 g/mol. The summed E-state index contributed by atoms with van der Waals surface area (Å²) < 4.78 is 27.4. The van der Waals surface area contributed by atoms with Crippen LogP contribution < -0.4 is 31.9 Å². The van der Waals surface area contributed by atoms with Crippen LogP contribution in [0.15, 0.2) is 59.5 Å². The van der Waals surface area contributed by atoms with Gasteiger partial charge in [-0.25, -0.2) is 14.2 Å². The molecule has 0 bridgehead atoms. The number of nitrogens with one attached hydrogen (secondary N) is 3. The number of nitrogen functional groups attached to an aromatic ring is 2. The van der Waals surface area contributed by atoms with Crippen LogP contribution in [0, 0.1) is 11.2 Å². The molecule has 0 fully saturated rings. The minimum Gasteiger partial charge on any atom is -0.497 e. The number of hydrogen-bond acceptors (Lipinski definition) is 9. The van der Waals surface area contributed by atoms with Gasteiger partial charge < -0.3 is 31.4 Å². The van der Waals surface area contributed by atoms with Gasteiger partial charge in [-0.05, 0) is 42.5 Å². The number of hydrogen-bond donors (Lipinski definition) is 6. The lowest BCUT2D eigenvalue weighted by molar-refractivity contribution is 0.195. The van der Waals surface area contributed by atoms with Gasteiger partial charge in [0.1, 0.15) is 24.2 Å². The standard InChI is InChI=1S/C24H25FN8O4/c1-36-15-11-16(19(25)18(12-15)37-10-9-34)20(30-14-6-4-13(5-7-14)21(27)28)22-31-24(35)33(32-22)23-17(26)3-2-8-29-23/h2-8,11-12,20,30,34H,9-10,26H2,1H3,(H3,27,28)(H,31,32,35). The number of aliphatic hydroxyl groups is 1. The molecule has 0 saturated carbocycles. The number of nitrogens with two attached hydrogens (primary N) is 2. The van der Waals surface area contributed by atoms with Crippen LogP contribution in [0.25, 0.3) is 5.82 Å². The van der Waals surface area contributed by atoms with Crippen LogP contribution in [0.4, 0.5) is 15.8 Å². The average molecular weight is 509 g/mol. The quantitative estimate of drug-likeness (QED) is 0.136. The van der Waals surface area contributed by atoms with Crippen molar-refractivity contribution in [3.63, 3.8) is 0 Å². The van der Waals surface area contributed by atoms with E-state index in [-0.39, 0.29) is 53.4 Å². The van der Waals surface area contributed by atoms with Crippen molar-refractivity contribution < 1.29 is 19.0 Å². The van der Waals surface area contributed by atoms with Crippen molar-refractivity contribution in [3.05, 3.63) is 88.0 Å². The molecule has 0 aliphatic heterocycles. The van der Waals surface area contributed by atoms with Crippen LogP contribution in [0.1, 0.15) is 23.0 Å². The molecule has 1 unspecified atom stereocenters. The maximum Gasteiger partial charge on any atom is 0.349 e. The average Bonchev–Trinajstić information content (AvgIpc) is 3.28. The number of pyridine rings is 1. The number of amidine groups is 1. The van der Waals surface area contributed by atoms with E-state index < -0.39 is 17.5 Å². The van der Waals surface area contributed by atoms with Gasteiger partial charge in [0, 0.05) is 29.1 Å². The molecule has 2 aromatic heterocycles. The van der Waals surface area contributed by atoms with Gasteiger partial charge in [0.05, 0.1) is 19.4 Å². The first kappa shape index (κ1) is 25.2. The Morgan fingerprint density at radius 1 is 1.30 bits per heavy atom. The van der Waals surface area contributed by atoms with Crippen molar-refractivity contribution in [2.24, 2.45) is 5.73 Å². The second-order valence-corrected chi connectivity index (χ2v) is 7.81. The molecule has 8 N–H and O–H groups in total. The summed E-state index contributed by atoms with van der Waals surface area (Å²) >= 11 is 0. The number of halogens is 1. The zero-order chi connectivity index (χ0) is 26.5. The maximum atomic E-state index is 15.7. The van der Waals surface area contributed by atoms with E-state index in [4.69, 9.17) is 31.5 Å². The van der Waals surface area contributed by atoms with Crippen LogP contribution in [-0.4, -0.2) is 51.0 Å². The monoisotopic (exact) mass is 508 g/mol. The molecule has 13 heteroatoms. The molecule has 2 aromatic carbocycles. The molecular formula is C24H25FN8O4. The summed E-state index contributed by atoms with van der Waals surface area (Å²) in [6.45, 7) is -0.460. The van der Waals surface area contributed by atoms with E-state index in [1.807, 2.05) is 0 Å². The van der Waals surface area contributed by atoms with Gasteiger partial charge in [-0.3, -0.25) is 10.4 Å². The van der Waals surface area contributed by atoms with Crippen LogP contribution in [-0.2, 0) is 0 Å². The van der Waals surface area contributed by atoms with Crippen molar-refractivity contribution >= 4 is 17.2 Å². The summed E-state index contributed by atoms with van der Waals surface area (Å²) in [6, 6.07) is 11.5. The summed E-state index contributed by atoms with van der Waals surface area (Å²) in [4.78, 5) is 19.6. The SMILES string of the molecule is COc1cc(OCCO)c(F)c(C(Nc2ccc(C(=N)N)cc2)c2nn(-c3ncccc3N)c(=O)[nH]2)c1. The molecule has 1 atom stereocenters. The van der Waals surface area contributed by atoms with E-state index in [0.29, 0.717) is 11.3 Å². The minimum atomic E-state index is -1.05. The normalized spacial score (nSPS) is 11.6. The van der Waals surface area contributed by atoms with E-state index in [1.165, 1.54) is 25.4 Å². The van der Waals surface area contributed by atoms with Crippen LogP contribution in [0.2, 0.25) is 0 Å². The van der Waals surface area contributed by atoms with Gasteiger partial charge in [0.15, 0.2) is 23.2 Å². The fourth-order valence-electron chi connectivity index (χ4n) is 3.59. The third-order valence-corrected chi connectivity index (χ3v) is 5.37. The van der Waals surface area contributed by atoms with Crippen molar-refractivity contribution in [3.8, 4) is 17.3 Å². The Labute approximate surface area is 210 Å². The predicted molar refractivity (Wildman–Crippen MR) is 135 cm³/mol. The van der Waals surface area contributed by atoms with Gasteiger partial charge in [0.25, 0.3) is 0 Å². The fraction of sp³-hybridized carbons (Fsp3) is 0.167. The molecule has 12 nitrogen and oxygen atoms in total. The Kier molecular flexibility index (Phi) is 7.34. The number of methoxy groups -OCH3 is 1. The first-order valence-corrected chi connectivity index (χ1v) is 11.0. The van der Waals surface area contributed by atoms with E-state index in [9.17, 15) is 4.79 Å². The Bertz CT molecular complexity index is 1470. The molecule has 0 aliphatic rings. The Hall–Kier alpha value is -4.91. The van der Waals surface area contributed by atoms with Gasteiger partial charge in [-0.1, -0.05) is 0 Å². The Morgan fingerprint density at radius 2 is 2.05 bits per heavy atom.